The lowest BCUT2D eigenvalue weighted by Gasteiger charge is -2.13. The summed E-state index contributed by atoms with van der Waals surface area (Å²) in [7, 11) is 0. The molecule has 1 fully saturated rings. The Bertz CT molecular complexity index is 1150. The molecule has 0 spiro atoms. The van der Waals surface area contributed by atoms with E-state index in [1.165, 1.54) is 17.3 Å². The average Bonchev–Trinajstić information content (AvgIpc) is 3.13. The van der Waals surface area contributed by atoms with E-state index in [1.807, 2.05) is 60.7 Å². The largest absolute Gasteiger partial charge is 0.488 e. The highest BCUT2D eigenvalue weighted by Crippen LogP contribution is 2.33. The molecule has 3 aromatic rings. The first-order valence-corrected chi connectivity index (χ1v) is 12.3. The number of carbonyl (C=O) groups excluding carboxylic acids is 1. The summed E-state index contributed by atoms with van der Waals surface area (Å²) in [6, 6.07) is 21.6. The van der Waals surface area contributed by atoms with E-state index < -0.39 is 0 Å². The number of amides is 1. The molecular formula is C25H22BrClN2O2S. The predicted molar refractivity (Wildman–Crippen MR) is 137 cm³/mol. The summed E-state index contributed by atoms with van der Waals surface area (Å²) < 4.78 is 6.72. The fraction of sp³-hybridized carbons (Fsp3) is 0.160. The van der Waals surface area contributed by atoms with E-state index in [-0.39, 0.29) is 11.4 Å². The van der Waals surface area contributed by atoms with Crippen molar-refractivity contribution < 1.29 is 9.53 Å². The second-order valence-corrected chi connectivity index (χ2v) is 9.65. The van der Waals surface area contributed by atoms with Gasteiger partial charge in [-0.05, 0) is 69.9 Å². The van der Waals surface area contributed by atoms with Crippen molar-refractivity contribution in [2.75, 3.05) is 5.32 Å². The minimum Gasteiger partial charge on any atom is -0.488 e. The Balaban J connectivity index is 1.40. The third-order valence-electron chi connectivity index (χ3n) is 4.99. The summed E-state index contributed by atoms with van der Waals surface area (Å²) >= 11 is 11.2. The van der Waals surface area contributed by atoms with Gasteiger partial charge in [-0.15, -0.1) is 0 Å². The normalized spacial score (nSPS) is 16.8. The van der Waals surface area contributed by atoms with E-state index in [1.54, 1.807) is 0 Å². The van der Waals surface area contributed by atoms with Crippen molar-refractivity contribution in [1.82, 2.24) is 5.32 Å². The van der Waals surface area contributed by atoms with Crippen molar-refractivity contribution in [2.45, 2.75) is 25.4 Å². The van der Waals surface area contributed by atoms with Crippen molar-refractivity contribution in [3.05, 3.63) is 97.8 Å². The lowest BCUT2D eigenvalue weighted by Crippen LogP contribution is -2.30. The van der Waals surface area contributed by atoms with Gasteiger partial charge in [-0.1, -0.05) is 66.7 Å². The highest BCUT2D eigenvalue weighted by atomic mass is 79.9. The third-order valence-corrected chi connectivity index (χ3v) is 7.00. The molecule has 1 saturated heterocycles. The van der Waals surface area contributed by atoms with Crippen LogP contribution in [0.1, 0.15) is 23.6 Å². The van der Waals surface area contributed by atoms with E-state index in [0.717, 1.165) is 27.7 Å². The Morgan fingerprint density at radius 3 is 2.66 bits per heavy atom. The van der Waals surface area contributed by atoms with Crippen LogP contribution in [0.4, 0.5) is 5.69 Å². The van der Waals surface area contributed by atoms with Gasteiger partial charge < -0.3 is 15.4 Å². The molecule has 7 heteroatoms. The minimum absolute atomic E-state index is 0.0900. The zero-order valence-electron chi connectivity index (χ0n) is 17.4. The van der Waals surface area contributed by atoms with Gasteiger partial charge in [0.2, 0.25) is 0 Å². The molecule has 0 aliphatic carbocycles. The zero-order valence-corrected chi connectivity index (χ0v) is 20.6. The molecule has 0 bridgehead atoms. The first-order valence-electron chi connectivity index (χ1n) is 10.2. The first-order chi connectivity index (χ1) is 15.5. The van der Waals surface area contributed by atoms with Gasteiger partial charge in [-0.2, -0.15) is 0 Å². The third kappa shape index (κ3) is 5.68. The Labute approximate surface area is 205 Å². The van der Waals surface area contributed by atoms with Gasteiger partial charge in [-0.3, -0.25) is 4.79 Å². The molecule has 164 valence electrons. The second-order valence-electron chi connectivity index (χ2n) is 7.24. The van der Waals surface area contributed by atoms with Gasteiger partial charge in [0, 0.05) is 16.3 Å². The molecule has 1 heterocycles. The minimum atomic E-state index is -0.206. The number of thioether (sulfide) groups is 1. The fourth-order valence-electron chi connectivity index (χ4n) is 3.20. The van der Waals surface area contributed by atoms with Crippen LogP contribution in [0.2, 0.25) is 5.02 Å². The van der Waals surface area contributed by atoms with Crippen LogP contribution in [0.25, 0.3) is 6.08 Å². The Hall–Kier alpha value is -2.41. The molecule has 3 aromatic carbocycles. The SMILES string of the molecule is CCc1ccc(N[C@@H]2NC(=O)/C(=C/c3ccc(OCc4ccccc4Cl)c(Br)c3)S2)cc1. The van der Waals surface area contributed by atoms with Gasteiger partial charge in [0.15, 0.2) is 5.50 Å². The Morgan fingerprint density at radius 1 is 1.16 bits per heavy atom. The standard InChI is InChI=1S/C25H22BrClN2O2S/c1-2-16-7-10-19(11-8-16)28-25-29-24(30)23(32-25)14-17-9-12-22(20(26)13-17)31-15-18-5-3-4-6-21(18)27/h3-14,25,28H,2,15H2,1H3,(H,29,30)/b23-14-/t25-/m1/s1. The summed E-state index contributed by atoms with van der Waals surface area (Å²) in [4.78, 5) is 13.1. The summed E-state index contributed by atoms with van der Waals surface area (Å²) in [6.07, 6.45) is 2.88. The summed E-state index contributed by atoms with van der Waals surface area (Å²) in [5, 5.41) is 6.99. The molecule has 4 rings (SSSR count). The van der Waals surface area contributed by atoms with Crippen LogP contribution in [-0.4, -0.2) is 11.4 Å². The lowest BCUT2D eigenvalue weighted by atomic mass is 10.1. The van der Waals surface area contributed by atoms with Gasteiger partial charge in [0.1, 0.15) is 12.4 Å². The molecule has 0 aromatic heterocycles. The first kappa shape index (κ1) is 22.8. The molecule has 0 radical (unpaired) electrons. The Morgan fingerprint density at radius 2 is 1.94 bits per heavy atom. The van der Waals surface area contributed by atoms with E-state index in [0.29, 0.717) is 22.3 Å². The summed E-state index contributed by atoms with van der Waals surface area (Å²) in [5.74, 6) is 0.624. The van der Waals surface area contributed by atoms with Crippen LogP contribution in [0.15, 0.2) is 76.1 Å². The molecule has 2 N–H and O–H groups in total. The van der Waals surface area contributed by atoms with E-state index >= 15 is 0 Å². The molecule has 1 aliphatic heterocycles. The molecule has 4 nitrogen and oxygen atoms in total. The van der Waals surface area contributed by atoms with E-state index in [9.17, 15) is 4.79 Å². The number of aryl methyl sites for hydroxylation is 1. The van der Waals surface area contributed by atoms with Crippen molar-refractivity contribution >= 4 is 57.0 Å². The smallest absolute Gasteiger partial charge is 0.260 e. The second kappa shape index (κ2) is 10.5. The number of anilines is 1. The maximum atomic E-state index is 12.4. The number of benzene rings is 3. The van der Waals surface area contributed by atoms with Gasteiger partial charge >= 0.3 is 0 Å². The fourth-order valence-corrected chi connectivity index (χ4v) is 4.89. The van der Waals surface area contributed by atoms with Crippen LogP contribution in [0.3, 0.4) is 0 Å². The van der Waals surface area contributed by atoms with Crippen molar-refractivity contribution in [3.8, 4) is 5.75 Å². The summed E-state index contributed by atoms with van der Waals surface area (Å²) in [5.41, 5.74) is 3.89. The van der Waals surface area contributed by atoms with Crippen molar-refractivity contribution in [2.24, 2.45) is 0 Å². The van der Waals surface area contributed by atoms with Gasteiger partial charge in [0.25, 0.3) is 5.91 Å². The number of carbonyl (C=O) groups is 1. The maximum Gasteiger partial charge on any atom is 0.260 e. The molecule has 0 unspecified atom stereocenters. The van der Waals surface area contributed by atoms with Crippen LogP contribution >= 0.6 is 39.3 Å². The van der Waals surface area contributed by atoms with Gasteiger partial charge in [-0.25, -0.2) is 0 Å². The average molecular weight is 530 g/mol. The maximum absolute atomic E-state index is 12.4. The van der Waals surface area contributed by atoms with Crippen LogP contribution < -0.4 is 15.4 Å². The number of ether oxygens (including phenoxy) is 1. The van der Waals surface area contributed by atoms with Crippen LogP contribution in [0, 0.1) is 0 Å². The molecule has 32 heavy (non-hydrogen) atoms. The van der Waals surface area contributed by atoms with Crippen molar-refractivity contribution in [3.63, 3.8) is 0 Å². The molecule has 0 saturated carbocycles. The quantitative estimate of drug-likeness (QED) is 0.329. The molecular weight excluding hydrogens is 508 g/mol. The number of hydrogen-bond donors (Lipinski definition) is 2. The molecule has 1 amide bonds. The lowest BCUT2D eigenvalue weighted by molar-refractivity contribution is -0.116. The van der Waals surface area contributed by atoms with Crippen LogP contribution in [0.5, 0.6) is 5.75 Å². The van der Waals surface area contributed by atoms with Crippen LogP contribution in [-0.2, 0) is 17.8 Å². The highest BCUT2D eigenvalue weighted by molar-refractivity contribution is 9.10. The Kier molecular flexibility index (Phi) is 7.45. The highest BCUT2D eigenvalue weighted by Gasteiger charge is 2.27. The van der Waals surface area contributed by atoms with E-state index in [2.05, 4.69) is 45.6 Å². The zero-order chi connectivity index (χ0) is 22.5. The number of rotatable bonds is 7. The number of nitrogens with one attached hydrogen (secondary N) is 2. The van der Waals surface area contributed by atoms with Gasteiger partial charge in [0.05, 0.1) is 9.38 Å². The molecule has 1 aliphatic rings. The topological polar surface area (TPSA) is 50.4 Å². The summed E-state index contributed by atoms with van der Waals surface area (Å²) in [6.45, 7) is 2.51. The number of halogens is 2. The predicted octanol–water partition coefficient (Wildman–Crippen LogP) is 6.84. The molecule has 1 atom stereocenters. The number of hydrogen-bond acceptors (Lipinski definition) is 4. The van der Waals surface area contributed by atoms with E-state index in [4.69, 9.17) is 16.3 Å². The monoisotopic (exact) mass is 528 g/mol. The van der Waals surface area contributed by atoms with Crippen molar-refractivity contribution in [1.29, 1.82) is 0 Å².